The number of aliphatic hydroxyl groups excluding tert-OH is 1. The lowest BCUT2D eigenvalue weighted by Crippen LogP contribution is -2.37. The number of H-pyrrole nitrogens is 1. The number of fused-ring (bicyclic) bond motifs is 1. The number of hydrogen-bond donors (Lipinski definition) is 2. The van der Waals surface area contributed by atoms with Crippen molar-refractivity contribution in [2.24, 2.45) is 5.92 Å². The SMILES string of the molecule is CC(C)(C)n1ncc2c(=O)[nH]c(N3CCC(C(O)c4ccccc4)CC3)nc21. The van der Waals surface area contributed by atoms with Crippen molar-refractivity contribution >= 4 is 17.0 Å². The molecule has 0 bridgehead atoms. The largest absolute Gasteiger partial charge is 0.388 e. The van der Waals surface area contributed by atoms with Crippen LogP contribution in [0.3, 0.4) is 0 Å². The van der Waals surface area contributed by atoms with Crippen molar-refractivity contribution in [2.75, 3.05) is 18.0 Å². The maximum Gasteiger partial charge on any atom is 0.263 e. The van der Waals surface area contributed by atoms with Gasteiger partial charge >= 0.3 is 0 Å². The van der Waals surface area contributed by atoms with Crippen LogP contribution in [0.1, 0.15) is 45.3 Å². The first-order chi connectivity index (χ1) is 13.3. The number of rotatable bonds is 3. The first-order valence-electron chi connectivity index (χ1n) is 9.81. The highest BCUT2D eigenvalue weighted by molar-refractivity contribution is 5.74. The van der Waals surface area contributed by atoms with Crippen molar-refractivity contribution in [1.82, 2.24) is 19.7 Å². The van der Waals surface area contributed by atoms with Crippen LogP contribution in [-0.2, 0) is 5.54 Å². The molecule has 0 saturated carbocycles. The summed E-state index contributed by atoms with van der Waals surface area (Å²) in [5.41, 5.74) is 1.15. The lowest BCUT2D eigenvalue weighted by atomic mass is 9.87. The average Bonchev–Trinajstić information content (AvgIpc) is 3.13. The standard InChI is InChI=1S/C21H27N5O2/c1-21(2,3)26-18-16(13-22-26)19(28)24-20(23-18)25-11-9-15(10-12-25)17(27)14-7-5-4-6-8-14/h4-8,13,15,17,27H,9-12H2,1-3H3,(H,23,24,28). The Kier molecular flexibility index (Phi) is 4.71. The number of benzene rings is 1. The zero-order chi connectivity index (χ0) is 19.9. The van der Waals surface area contributed by atoms with Gasteiger partial charge < -0.3 is 10.0 Å². The Morgan fingerprint density at radius 2 is 1.86 bits per heavy atom. The van der Waals surface area contributed by atoms with Crippen LogP contribution >= 0.6 is 0 Å². The summed E-state index contributed by atoms with van der Waals surface area (Å²) in [5.74, 6) is 0.783. The number of nitrogens with one attached hydrogen (secondary N) is 1. The minimum atomic E-state index is -0.458. The van der Waals surface area contributed by atoms with Gasteiger partial charge in [-0.25, -0.2) is 4.68 Å². The first kappa shape index (κ1) is 18.7. The average molecular weight is 381 g/mol. The van der Waals surface area contributed by atoms with Crippen LogP contribution in [0.4, 0.5) is 5.95 Å². The van der Waals surface area contributed by atoms with E-state index in [9.17, 15) is 9.90 Å². The number of hydrogen-bond acceptors (Lipinski definition) is 5. The number of nitrogens with zero attached hydrogens (tertiary/aromatic N) is 4. The Balaban J connectivity index is 1.55. The van der Waals surface area contributed by atoms with Crippen molar-refractivity contribution < 1.29 is 5.11 Å². The Morgan fingerprint density at radius 3 is 2.50 bits per heavy atom. The van der Waals surface area contributed by atoms with Crippen molar-refractivity contribution in [2.45, 2.75) is 45.3 Å². The maximum absolute atomic E-state index is 12.5. The molecule has 0 spiro atoms. The van der Waals surface area contributed by atoms with Crippen LogP contribution in [0.15, 0.2) is 41.3 Å². The van der Waals surface area contributed by atoms with Gasteiger partial charge in [-0.05, 0) is 45.1 Å². The monoisotopic (exact) mass is 381 g/mol. The Hall–Kier alpha value is -2.67. The highest BCUT2D eigenvalue weighted by Gasteiger charge is 2.28. The topological polar surface area (TPSA) is 87.0 Å². The summed E-state index contributed by atoms with van der Waals surface area (Å²) >= 11 is 0. The van der Waals surface area contributed by atoms with Crippen LogP contribution in [0.5, 0.6) is 0 Å². The fourth-order valence-corrected chi connectivity index (χ4v) is 3.90. The van der Waals surface area contributed by atoms with Gasteiger partial charge in [0.15, 0.2) is 5.65 Å². The smallest absolute Gasteiger partial charge is 0.263 e. The molecule has 1 atom stereocenters. The zero-order valence-electron chi connectivity index (χ0n) is 16.6. The van der Waals surface area contributed by atoms with E-state index >= 15 is 0 Å². The molecule has 2 aromatic heterocycles. The van der Waals surface area contributed by atoms with Crippen molar-refractivity contribution in [1.29, 1.82) is 0 Å². The minimum absolute atomic E-state index is 0.165. The van der Waals surface area contributed by atoms with E-state index in [0.717, 1.165) is 31.5 Å². The fourth-order valence-electron chi connectivity index (χ4n) is 3.90. The minimum Gasteiger partial charge on any atom is -0.388 e. The van der Waals surface area contributed by atoms with Gasteiger partial charge in [-0.3, -0.25) is 9.78 Å². The van der Waals surface area contributed by atoms with Gasteiger partial charge in [-0.1, -0.05) is 30.3 Å². The molecule has 0 amide bonds. The second kappa shape index (κ2) is 7.05. The molecule has 3 aromatic rings. The van der Waals surface area contributed by atoms with Gasteiger partial charge in [0.2, 0.25) is 5.95 Å². The number of anilines is 1. The molecule has 28 heavy (non-hydrogen) atoms. The van der Waals surface area contributed by atoms with Gasteiger partial charge in [0.25, 0.3) is 5.56 Å². The van der Waals surface area contributed by atoms with Crippen molar-refractivity contribution in [3.63, 3.8) is 0 Å². The van der Waals surface area contributed by atoms with E-state index in [2.05, 4.69) is 15.0 Å². The summed E-state index contributed by atoms with van der Waals surface area (Å²) in [6, 6.07) is 9.81. The van der Waals surface area contributed by atoms with Gasteiger partial charge in [-0.15, -0.1) is 0 Å². The van der Waals surface area contributed by atoms with Crippen molar-refractivity contribution in [3.8, 4) is 0 Å². The highest BCUT2D eigenvalue weighted by atomic mass is 16.3. The van der Waals surface area contributed by atoms with Gasteiger partial charge in [-0.2, -0.15) is 10.1 Å². The molecule has 4 rings (SSSR count). The first-order valence-corrected chi connectivity index (χ1v) is 9.81. The van der Waals surface area contributed by atoms with E-state index in [1.54, 1.807) is 10.9 Å². The molecule has 7 nitrogen and oxygen atoms in total. The van der Waals surface area contributed by atoms with Crippen molar-refractivity contribution in [3.05, 3.63) is 52.4 Å². The van der Waals surface area contributed by atoms with Gasteiger partial charge in [0.1, 0.15) is 5.39 Å². The second-order valence-corrected chi connectivity index (χ2v) is 8.53. The summed E-state index contributed by atoms with van der Waals surface area (Å²) < 4.78 is 1.80. The molecule has 1 unspecified atom stereocenters. The molecule has 0 radical (unpaired) electrons. The second-order valence-electron chi connectivity index (χ2n) is 8.53. The molecule has 2 N–H and O–H groups in total. The third kappa shape index (κ3) is 3.42. The third-order valence-electron chi connectivity index (χ3n) is 5.49. The van der Waals surface area contributed by atoms with Crippen LogP contribution in [0, 0.1) is 5.92 Å². The third-order valence-corrected chi connectivity index (χ3v) is 5.49. The molecule has 148 valence electrons. The lowest BCUT2D eigenvalue weighted by Gasteiger charge is -2.34. The summed E-state index contributed by atoms with van der Waals surface area (Å²) in [4.78, 5) is 22.2. The predicted molar refractivity (Wildman–Crippen MR) is 109 cm³/mol. The van der Waals surface area contributed by atoms with Crippen LogP contribution in [0.25, 0.3) is 11.0 Å². The Morgan fingerprint density at radius 1 is 1.18 bits per heavy atom. The van der Waals surface area contributed by atoms with E-state index in [1.807, 2.05) is 51.1 Å². The molecule has 3 heterocycles. The Bertz CT molecular complexity index is 1010. The highest BCUT2D eigenvalue weighted by Crippen LogP contribution is 2.31. The van der Waals surface area contributed by atoms with Crippen LogP contribution < -0.4 is 10.5 Å². The summed E-state index contributed by atoms with van der Waals surface area (Å²) in [6.45, 7) is 7.61. The van der Waals surface area contributed by atoms with E-state index in [0.29, 0.717) is 17.0 Å². The lowest BCUT2D eigenvalue weighted by molar-refractivity contribution is 0.0928. The molecule has 1 aliphatic heterocycles. The zero-order valence-corrected chi connectivity index (χ0v) is 16.6. The molecular weight excluding hydrogens is 354 g/mol. The number of aromatic nitrogens is 4. The normalized spacial score (nSPS) is 17.2. The number of aliphatic hydroxyl groups is 1. The predicted octanol–water partition coefficient (Wildman–Crippen LogP) is 2.82. The number of aromatic amines is 1. The maximum atomic E-state index is 12.5. The number of piperidine rings is 1. The van der Waals surface area contributed by atoms with E-state index in [1.165, 1.54) is 0 Å². The molecule has 7 heteroatoms. The summed E-state index contributed by atoms with van der Waals surface area (Å²) in [5, 5.41) is 15.6. The molecule has 1 fully saturated rings. The Labute approximate surface area is 164 Å². The van der Waals surface area contributed by atoms with Crippen LogP contribution in [0.2, 0.25) is 0 Å². The van der Waals surface area contributed by atoms with E-state index in [-0.39, 0.29) is 17.0 Å². The summed E-state index contributed by atoms with van der Waals surface area (Å²) in [6.07, 6.45) is 2.81. The van der Waals surface area contributed by atoms with E-state index in [4.69, 9.17) is 4.98 Å². The van der Waals surface area contributed by atoms with E-state index < -0.39 is 6.10 Å². The van der Waals surface area contributed by atoms with Crippen LogP contribution in [-0.4, -0.2) is 37.9 Å². The molecule has 1 saturated heterocycles. The molecular formula is C21H27N5O2. The van der Waals surface area contributed by atoms with Gasteiger partial charge in [0, 0.05) is 13.1 Å². The quantitative estimate of drug-likeness (QED) is 0.728. The summed E-state index contributed by atoms with van der Waals surface area (Å²) in [7, 11) is 0. The fraction of sp³-hybridized carbons (Fsp3) is 0.476. The molecule has 0 aliphatic carbocycles. The molecule has 1 aliphatic rings. The molecule has 1 aromatic carbocycles. The van der Waals surface area contributed by atoms with Gasteiger partial charge in [0.05, 0.1) is 17.8 Å².